The third kappa shape index (κ3) is 7.10. The molecule has 0 N–H and O–H groups in total. The van der Waals surface area contributed by atoms with Crippen LogP contribution in [0.1, 0.15) is 56.0 Å². The van der Waals surface area contributed by atoms with Crippen LogP contribution in [0.4, 0.5) is 0 Å². The van der Waals surface area contributed by atoms with E-state index in [0.29, 0.717) is 20.6 Å². The normalized spacial score (nSPS) is 11.4. The molecule has 1 aromatic heterocycles. The summed E-state index contributed by atoms with van der Waals surface area (Å²) in [5.74, 6) is 0.852. The van der Waals surface area contributed by atoms with Crippen molar-refractivity contribution in [3.05, 3.63) is 68.5 Å². The van der Waals surface area contributed by atoms with E-state index in [0.717, 1.165) is 35.6 Å². The lowest BCUT2D eigenvalue weighted by Crippen LogP contribution is -1.97. The Bertz CT molecular complexity index is 1080. The van der Waals surface area contributed by atoms with Crippen molar-refractivity contribution in [3.63, 3.8) is 0 Å². The smallest absolute Gasteiger partial charge is 0.134 e. The van der Waals surface area contributed by atoms with Gasteiger partial charge in [0.05, 0.1) is 27.9 Å². The maximum atomic E-state index is 9.66. The Morgan fingerprint density at radius 3 is 2.50 bits per heavy atom. The van der Waals surface area contributed by atoms with E-state index in [4.69, 9.17) is 27.9 Å². The van der Waals surface area contributed by atoms with Crippen LogP contribution in [0, 0.1) is 11.3 Å². The minimum atomic E-state index is 0.480. The predicted octanol–water partition coefficient (Wildman–Crippen LogP) is 8.92. The molecule has 0 aliphatic rings. The molecule has 0 aliphatic heterocycles. The van der Waals surface area contributed by atoms with E-state index in [9.17, 15) is 5.26 Å². The number of aromatic nitrogens is 1. The molecule has 0 saturated heterocycles. The Balaban J connectivity index is 1.60. The maximum absolute atomic E-state index is 9.66. The van der Waals surface area contributed by atoms with Crippen molar-refractivity contribution in [2.45, 2.75) is 45.4 Å². The summed E-state index contributed by atoms with van der Waals surface area (Å²) in [5.41, 5.74) is 3.08. The van der Waals surface area contributed by atoms with Gasteiger partial charge in [-0.2, -0.15) is 5.26 Å². The van der Waals surface area contributed by atoms with Crippen LogP contribution in [0.2, 0.25) is 10.0 Å². The van der Waals surface area contributed by atoms with Crippen molar-refractivity contribution in [1.82, 2.24) is 4.98 Å². The van der Waals surface area contributed by atoms with Gasteiger partial charge in [-0.15, -0.1) is 11.3 Å². The fourth-order valence-electron chi connectivity index (χ4n) is 3.23. The number of rotatable bonds is 11. The number of allylic oxidation sites excluding steroid dienone is 1. The van der Waals surface area contributed by atoms with Gasteiger partial charge in [0.25, 0.3) is 0 Å². The second-order valence-corrected chi connectivity index (χ2v) is 9.19. The molecule has 3 nitrogen and oxygen atoms in total. The summed E-state index contributed by atoms with van der Waals surface area (Å²) in [6.07, 6.45) is 9.31. The zero-order chi connectivity index (χ0) is 22.8. The van der Waals surface area contributed by atoms with Crippen molar-refractivity contribution in [3.8, 4) is 23.1 Å². The average molecular weight is 485 g/mol. The molecular weight excluding hydrogens is 459 g/mol. The Labute approximate surface area is 204 Å². The van der Waals surface area contributed by atoms with Gasteiger partial charge in [0, 0.05) is 10.9 Å². The van der Waals surface area contributed by atoms with Gasteiger partial charge in [-0.25, -0.2) is 4.98 Å². The quantitative estimate of drug-likeness (QED) is 0.201. The maximum Gasteiger partial charge on any atom is 0.134 e. The number of hydrogen-bond acceptors (Lipinski definition) is 4. The van der Waals surface area contributed by atoms with Crippen molar-refractivity contribution >= 4 is 46.2 Å². The van der Waals surface area contributed by atoms with Crippen molar-refractivity contribution in [2.75, 3.05) is 6.61 Å². The van der Waals surface area contributed by atoms with Gasteiger partial charge in [-0.1, -0.05) is 80.4 Å². The molecule has 0 amide bonds. The standard InChI is InChI=1S/C26H26Cl2N2OS/c1-2-3-4-5-6-7-14-31-22-11-8-19(9-12-22)15-21(17-29)26-30-25(18-32-26)20-10-13-23(27)24(28)16-20/h8-13,15-16,18H,2-7,14H2,1H3/b21-15-. The van der Waals surface area contributed by atoms with Gasteiger partial charge >= 0.3 is 0 Å². The lowest BCUT2D eigenvalue weighted by atomic mass is 10.1. The van der Waals surface area contributed by atoms with Crippen molar-refractivity contribution < 1.29 is 4.74 Å². The molecule has 0 saturated carbocycles. The number of ether oxygens (including phenoxy) is 1. The third-order valence-electron chi connectivity index (χ3n) is 5.03. The molecule has 0 unspecified atom stereocenters. The third-order valence-corrected chi connectivity index (χ3v) is 6.64. The van der Waals surface area contributed by atoms with E-state index in [-0.39, 0.29) is 0 Å². The van der Waals surface area contributed by atoms with Crippen LogP contribution >= 0.6 is 34.5 Å². The van der Waals surface area contributed by atoms with Crippen LogP contribution in [0.5, 0.6) is 5.75 Å². The van der Waals surface area contributed by atoms with E-state index in [1.54, 1.807) is 12.1 Å². The van der Waals surface area contributed by atoms with Gasteiger partial charge in [0.15, 0.2) is 0 Å². The molecule has 3 rings (SSSR count). The molecule has 0 bridgehead atoms. The number of nitriles is 1. The molecule has 0 aliphatic carbocycles. The van der Waals surface area contributed by atoms with E-state index >= 15 is 0 Å². The first kappa shape index (κ1) is 24.3. The van der Waals surface area contributed by atoms with Gasteiger partial charge in [0.2, 0.25) is 0 Å². The Kier molecular flexibility index (Phi) is 9.62. The number of thiazole rings is 1. The second-order valence-electron chi connectivity index (χ2n) is 7.52. The van der Waals surface area contributed by atoms with Gasteiger partial charge in [0.1, 0.15) is 16.8 Å². The minimum absolute atomic E-state index is 0.480. The summed E-state index contributed by atoms with van der Waals surface area (Å²) < 4.78 is 5.84. The fourth-order valence-corrected chi connectivity index (χ4v) is 4.32. The highest BCUT2D eigenvalue weighted by atomic mass is 35.5. The summed E-state index contributed by atoms with van der Waals surface area (Å²) in [6, 6.07) is 15.5. The molecule has 0 atom stereocenters. The largest absolute Gasteiger partial charge is 0.494 e. The molecule has 0 radical (unpaired) electrons. The highest BCUT2D eigenvalue weighted by Crippen LogP contribution is 2.31. The van der Waals surface area contributed by atoms with Crippen molar-refractivity contribution in [2.24, 2.45) is 0 Å². The molecular formula is C26H26Cl2N2OS. The van der Waals surface area contributed by atoms with Crippen LogP contribution < -0.4 is 4.74 Å². The Morgan fingerprint density at radius 2 is 1.78 bits per heavy atom. The number of benzene rings is 2. The van der Waals surface area contributed by atoms with Crippen LogP contribution in [0.3, 0.4) is 0 Å². The number of halogens is 2. The first-order chi connectivity index (χ1) is 15.6. The van der Waals surface area contributed by atoms with Crippen LogP contribution in [0.15, 0.2) is 47.8 Å². The average Bonchev–Trinajstić information content (AvgIpc) is 3.29. The second kappa shape index (κ2) is 12.6. The predicted molar refractivity (Wildman–Crippen MR) is 136 cm³/mol. The molecule has 2 aromatic carbocycles. The van der Waals surface area contributed by atoms with Gasteiger partial charge in [-0.3, -0.25) is 0 Å². The summed E-state index contributed by atoms with van der Waals surface area (Å²) >= 11 is 13.5. The van der Waals surface area contributed by atoms with Gasteiger partial charge < -0.3 is 4.74 Å². The van der Waals surface area contributed by atoms with E-state index in [1.165, 1.54) is 43.4 Å². The lowest BCUT2D eigenvalue weighted by molar-refractivity contribution is 0.304. The minimum Gasteiger partial charge on any atom is -0.494 e. The molecule has 166 valence electrons. The summed E-state index contributed by atoms with van der Waals surface area (Å²) in [6.45, 7) is 2.97. The van der Waals surface area contributed by atoms with Crippen LogP contribution in [-0.4, -0.2) is 11.6 Å². The molecule has 3 aromatic rings. The van der Waals surface area contributed by atoms with Crippen LogP contribution in [0.25, 0.3) is 22.9 Å². The molecule has 6 heteroatoms. The summed E-state index contributed by atoms with van der Waals surface area (Å²) in [5, 5.41) is 13.2. The highest BCUT2D eigenvalue weighted by molar-refractivity contribution is 7.11. The zero-order valence-electron chi connectivity index (χ0n) is 18.1. The molecule has 0 fully saturated rings. The van der Waals surface area contributed by atoms with Gasteiger partial charge in [-0.05, 0) is 42.3 Å². The topological polar surface area (TPSA) is 45.9 Å². The molecule has 32 heavy (non-hydrogen) atoms. The van der Waals surface area contributed by atoms with E-state index in [2.05, 4.69) is 18.0 Å². The van der Waals surface area contributed by atoms with Crippen LogP contribution in [-0.2, 0) is 0 Å². The summed E-state index contributed by atoms with van der Waals surface area (Å²) in [4.78, 5) is 4.61. The van der Waals surface area contributed by atoms with E-state index in [1.807, 2.05) is 41.8 Å². The monoisotopic (exact) mass is 484 g/mol. The Morgan fingerprint density at radius 1 is 1.03 bits per heavy atom. The first-order valence-corrected chi connectivity index (χ1v) is 12.5. The lowest BCUT2D eigenvalue weighted by Gasteiger charge is -2.06. The SMILES string of the molecule is CCCCCCCCOc1ccc(/C=C(/C#N)c2nc(-c3ccc(Cl)c(Cl)c3)cs2)cc1. The first-order valence-electron chi connectivity index (χ1n) is 10.9. The highest BCUT2D eigenvalue weighted by Gasteiger charge is 2.10. The fraction of sp³-hybridized carbons (Fsp3) is 0.308. The number of hydrogen-bond donors (Lipinski definition) is 0. The zero-order valence-corrected chi connectivity index (χ0v) is 20.4. The summed E-state index contributed by atoms with van der Waals surface area (Å²) in [7, 11) is 0. The molecule has 1 heterocycles. The number of nitrogens with zero attached hydrogens (tertiary/aromatic N) is 2. The number of unbranched alkanes of at least 4 members (excludes halogenated alkanes) is 5. The molecule has 0 spiro atoms. The van der Waals surface area contributed by atoms with E-state index < -0.39 is 0 Å². The Hall–Kier alpha value is -2.32. The van der Waals surface area contributed by atoms with Crippen molar-refractivity contribution in [1.29, 1.82) is 5.26 Å².